The number of nitrogens with zero attached hydrogens (tertiary/aromatic N) is 1. The van der Waals surface area contributed by atoms with Gasteiger partial charge in [0.2, 0.25) is 0 Å². The summed E-state index contributed by atoms with van der Waals surface area (Å²) in [7, 11) is 0. The van der Waals surface area contributed by atoms with Crippen LogP contribution >= 0.6 is 11.3 Å². The quantitative estimate of drug-likeness (QED) is 0.894. The molecule has 1 aromatic heterocycles. The molecule has 0 bridgehead atoms. The fourth-order valence-corrected chi connectivity index (χ4v) is 3.32. The van der Waals surface area contributed by atoms with Crippen LogP contribution in [0.4, 0.5) is 4.39 Å². The third kappa shape index (κ3) is 3.69. The Bertz CT molecular complexity index is 613. The first-order valence-electron chi connectivity index (χ1n) is 7.28. The lowest BCUT2D eigenvalue weighted by molar-refractivity contribution is 0.544. The molecule has 0 saturated heterocycles. The number of nitrogens with one attached hydrogen (secondary N) is 1. The van der Waals surface area contributed by atoms with Gasteiger partial charge in [-0.1, -0.05) is 45.4 Å². The van der Waals surface area contributed by atoms with Gasteiger partial charge < -0.3 is 5.32 Å². The second-order valence-corrected chi connectivity index (χ2v) is 7.23. The van der Waals surface area contributed by atoms with Crippen LogP contribution in [0.15, 0.2) is 23.6 Å². The van der Waals surface area contributed by atoms with Crippen molar-refractivity contribution in [3.8, 4) is 0 Å². The maximum atomic E-state index is 14.2. The SMILES string of the molecule is CCNC(c1nc(C(C)(C)C)cs1)c1cc(C)ccc1F. The molecule has 1 atom stereocenters. The van der Waals surface area contributed by atoms with Crippen molar-refractivity contribution in [1.82, 2.24) is 10.3 Å². The molecule has 0 aliphatic heterocycles. The fraction of sp³-hybridized carbons (Fsp3) is 0.471. The van der Waals surface area contributed by atoms with Crippen molar-refractivity contribution in [1.29, 1.82) is 0 Å². The van der Waals surface area contributed by atoms with Crippen LogP contribution in [0.2, 0.25) is 0 Å². The second-order valence-electron chi connectivity index (χ2n) is 6.34. The van der Waals surface area contributed by atoms with Gasteiger partial charge >= 0.3 is 0 Å². The third-order valence-corrected chi connectivity index (χ3v) is 4.32. The molecule has 1 N–H and O–H groups in total. The standard InChI is InChI=1S/C17H23FN2S/c1-6-19-15(12-9-11(2)7-8-13(12)18)16-20-14(10-21-16)17(3,4)5/h7-10,15,19H,6H2,1-5H3. The molecule has 0 aliphatic carbocycles. The predicted octanol–water partition coefficient (Wildman–Crippen LogP) is 4.59. The maximum absolute atomic E-state index is 14.2. The van der Waals surface area contributed by atoms with Crippen molar-refractivity contribution in [2.45, 2.75) is 46.1 Å². The molecule has 0 saturated carbocycles. The van der Waals surface area contributed by atoms with Gasteiger partial charge in [-0.15, -0.1) is 11.3 Å². The molecule has 2 aromatic rings. The van der Waals surface area contributed by atoms with E-state index in [0.29, 0.717) is 5.56 Å². The van der Waals surface area contributed by atoms with E-state index in [-0.39, 0.29) is 17.3 Å². The molecule has 2 rings (SSSR count). The molecule has 2 nitrogen and oxygen atoms in total. The van der Waals surface area contributed by atoms with E-state index in [1.54, 1.807) is 17.4 Å². The molecule has 0 radical (unpaired) electrons. The Morgan fingerprint density at radius 2 is 2.05 bits per heavy atom. The number of hydrogen-bond acceptors (Lipinski definition) is 3. The summed E-state index contributed by atoms with van der Waals surface area (Å²) in [6, 6.07) is 5.05. The van der Waals surface area contributed by atoms with E-state index >= 15 is 0 Å². The zero-order valence-electron chi connectivity index (χ0n) is 13.3. The van der Waals surface area contributed by atoms with Crippen LogP contribution in [0.3, 0.4) is 0 Å². The molecule has 4 heteroatoms. The monoisotopic (exact) mass is 306 g/mol. The summed E-state index contributed by atoms with van der Waals surface area (Å²) in [6.45, 7) is 11.2. The van der Waals surface area contributed by atoms with Crippen molar-refractivity contribution < 1.29 is 4.39 Å². The molecule has 1 unspecified atom stereocenters. The Kier molecular flexibility index (Phi) is 4.79. The number of hydrogen-bond donors (Lipinski definition) is 1. The lowest BCUT2D eigenvalue weighted by atomic mass is 9.93. The van der Waals surface area contributed by atoms with Gasteiger partial charge in [0.25, 0.3) is 0 Å². The van der Waals surface area contributed by atoms with Crippen molar-refractivity contribution in [3.05, 3.63) is 51.2 Å². The van der Waals surface area contributed by atoms with Gasteiger partial charge in [0.05, 0.1) is 11.7 Å². The van der Waals surface area contributed by atoms with E-state index < -0.39 is 0 Å². The molecule has 1 heterocycles. The molecule has 0 spiro atoms. The molecular weight excluding hydrogens is 283 g/mol. The minimum atomic E-state index is -0.184. The van der Waals surface area contributed by atoms with E-state index in [1.165, 1.54) is 6.07 Å². The summed E-state index contributed by atoms with van der Waals surface area (Å²) in [5.41, 5.74) is 2.79. The van der Waals surface area contributed by atoms with Crippen LogP contribution in [0, 0.1) is 12.7 Å². The number of benzene rings is 1. The third-order valence-electron chi connectivity index (χ3n) is 3.41. The molecule has 0 fully saturated rings. The van der Waals surface area contributed by atoms with Crippen LogP contribution in [0.1, 0.15) is 55.6 Å². The maximum Gasteiger partial charge on any atom is 0.128 e. The number of aryl methyl sites for hydroxylation is 1. The van der Waals surface area contributed by atoms with Crippen LogP contribution in [0.5, 0.6) is 0 Å². The van der Waals surface area contributed by atoms with Gasteiger partial charge in [-0.25, -0.2) is 9.37 Å². The highest BCUT2D eigenvalue weighted by molar-refractivity contribution is 7.09. The van der Waals surface area contributed by atoms with Gasteiger partial charge in [0, 0.05) is 16.4 Å². The molecule has 0 amide bonds. The zero-order chi connectivity index (χ0) is 15.6. The van der Waals surface area contributed by atoms with E-state index in [9.17, 15) is 4.39 Å². The first-order valence-corrected chi connectivity index (χ1v) is 8.16. The molecule has 21 heavy (non-hydrogen) atoms. The van der Waals surface area contributed by atoms with Crippen molar-refractivity contribution in [2.75, 3.05) is 6.54 Å². The Hall–Kier alpha value is -1.26. The number of halogens is 1. The van der Waals surface area contributed by atoms with E-state index in [0.717, 1.165) is 22.8 Å². The molecule has 114 valence electrons. The smallest absolute Gasteiger partial charge is 0.128 e. The first-order chi connectivity index (χ1) is 9.82. The lowest BCUT2D eigenvalue weighted by Gasteiger charge is -2.18. The van der Waals surface area contributed by atoms with Crippen molar-refractivity contribution in [2.24, 2.45) is 0 Å². The predicted molar refractivity (Wildman–Crippen MR) is 87.5 cm³/mol. The summed E-state index contributed by atoms with van der Waals surface area (Å²) >= 11 is 1.59. The topological polar surface area (TPSA) is 24.9 Å². The van der Waals surface area contributed by atoms with E-state index in [2.05, 4.69) is 31.5 Å². The van der Waals surface area contributed by atoms with Gasteiger partial charge in [-0.05, 0) is 19.5 Å². The lowest BCUT2D eigenvalue weighted by Crippen LogP contribution is -2.23. The second kappa shape index (κ2) is 6.24. The highest BCUT2D eigenvalue weighted by atomic mass is 32.1. The van der Waals surface area contributed by atoms with E-state index in [1.807, 2.05) is 19.9 Å². The minimum absolute atomic E-state index is 0.0106. The Labute approximate surface area is 130 Å². The molecular formula is C17H23FN2S. The summed E-state index contributed by atoms with van der Waals surface area (Å²) < 4.78 is 14.2. The van der Waals surface area contributed by atoms with Crippen LogP contribution in [0.25, 0.3) is 0 Å². The Balaban J connectivity index is 2.44. The number of rotatable bonds is 4. The average Bonchev–Trinajstić information content (AvgIpc) is 2.88. The number of aromatic nitrogens is 1. The van der Waals surface area contributed by atoms with Crippen molar-refractivity contribution in [3.63, 3.8) is 0 Å². The Morgan fingerprint density at radius 1 is 1.33 bits per heavy atom. The normalized spacial score (nSPS) is 13.4. The first kappa shape index (κ1) is 16.1. The van der Waals surface area contributed by atoms with Gasteiger partial charge in [0.1, 0.15) is 10.8 Å². The average molecular weight is 306 g/mol. The molecule has 1 aromatic carbocycles. The van der Waals surface area contributed by atoms with Gasteiger partial charge in [0.15, 0.2) is 0 Å². The highest BCUT2D eigenvalue weighted by Crippen LogP contribution is 2.31. The van der Waals surface area contributed by atoms with E-state index in [4.69, 9.17) is 4.98 Å². The Morgan fingerprint density at radius 3 is 2.62 bits per heavy atom. The number of thiazole rings is 1. The van der Waals surface area contributed by atoms with Crippen LogP contribution < -0.4 is 5.32 Å². The largest absolute Gasteiger partial charge is 0.304 e. The fourth-order valence-electron chi connectivity index (χ4n) is 2.18. The van der Waals surface area contributed by atoms with Crippen LogP contribution in [-0.4, -0.2) is 11.5 Å². The summed E-state index contributed by atoms with van der Waals surface area (Å²) in [6.07, 6.45) is 0. The van der Waals surface area contributed by atoms with Crippen molar-refractivity contribution >= 4 is 11.3 Å². The summed E-state index contributed by atoms with van der Waals surface area (Å²) in [5.74, 6) is -0.181. The minimum Gasteiger partial charge on any atom is -0.304 e. The molecule has 0 aliphatic rings. The van der Waals surface area contributed by atoms with Gasteiger partial charge in [-0.3, -0.25) is 0 Å². The summed E-state index contributed by atoms with van der Waals surface area (Å²) in [4.78, 5) is 4.74. The zero-order valence-corrected chi connectivity index (χ0v) is 14.1. The van der Waals surface area contributed by atoms with Gasteiger partial charge in [-0.2, -0.15) is 0 Å². The summed E-state index contributed by atoms with van der Waals surface area (Å²) in [5, 5.41) is 6.36. The highest BCUT2D eigenvalue weighted by Gasteiger charge is 2.23. The van der Waals surface area contributed by atoms with Crippen LogP contribution in [-0.2, 0) is 5.41 Å².